The molecular formula is C21H32N6O. The van der Waals surface area contributed by atoms with Crippen LogP contribution in [0, 0.1) is 5.41 Å². The third-order valence-electron chi connectivity index (χ3n) is 4.42. The van der Waals surface area contributed by atoms with Crippen LogP contribution in [0.15, 0.2) is 35.0 Å². The minimum absolute atomic E-state index is 0.273. The van der Waals surface area contributed by atoms with Crippen molar-refractivity contribution < 1.29 is 4.52 Å². The predicted octanol–water partition coefficient (Wildman–Crippen LogP) is 4.24. The highest BCUT2D eigenvalue weighted by atomic mass is 16.5. The quantitative estimate of drug-likeness (QED) is 0.725. The fourth-order valence-electron chi connectivity index (χ4n) is 3.00. The molecule has 0 aliphatic carbocycles. The second-order valence-corrected chi connectivity index (χ2v) is 6.86. The Morgan fingerprint density at radius 1 is 1.25 bits per heavy atom. The standard InChI is InChI=1S/C19H26N6O.C2H6/c1-13(2)21-17-11-15(5-6-16(17)12-20)18-22-19(26-23-18)25-9-7-24(8-10-25)14(3)4;1-2/h5-6,11-13,20-21H,3,7-10H2,1-2,4H3;1-2H3. The van der Waals surface area contributed by atoms with Crippen molar-refractivity contribution in [3.63, 3.8) is 0 Å². The summed E-state index contributed by atoms with van der Waals surface area (Å²) in [4.78, 5) is 8.94. The maximum atomic E-state index is 7.56. The van der Waals surface area contributed by atoms with Gasteiger partial charge in [-0.15, -0.1) is 0 Å². The van der Waals surface area contributed by atoms with E-state index in [1.54, 1.807) is 0 Å². The van der Waals surface area contributed by atoms with Crippen molar-refractivity contribution in [1.82, 2.24) is 15.0 Å². The Hall–Kier alpha value is -2.83. The Bertz CT molecular complexity index is 790. The van der Waals surface area contributed by atoms with Gasteiger partial charge in [0.25, 0.3) is 0 Å². The van der Waals surface area contributed by atoms with Crippen LogP contribution < -0.4 is 10.2 Å². The maximum absolute atomic E-state index is 7.56. The molecule has 28 heavy (non-hydrogen) atoms. The molecule has 7 heteroatoms. The number of hydrogen-bond acceptors (Lipinski definition) is 7. The Balaban J connectivity index is 0.00000136. The Kier molecular flexibility index (Phi) is 7.61. The van der Waals surface area contributed by atoms with Crippen molar-refractivity contribution in [2.24, 2.45) is 0 Å². The minimum atomic E-state index is 0.273. The molecule has 7 nitrogen and oxygen atoms in total. The zero-order valence-corrected chi connectivity index (χ0v) is 17.6. The fraction of sp³-hybridized carbons (Fsp3) is 0.476. The van der Waals surface area contributed by atoms with Crippen LogP contribution in [0.1, 0.15) is 40.2 Å². The monoisotopic (exact) mass is 384 g/mol. The lowest BCUT2D eigenvalue weighted by Gasteiger charge is -2.35. The maximum Gasteiger partial charge on any atom is 0.324 e. The van der Waals surface area contributed by atoms with Crippen molar-refractivity contribution in [1.29, 1.82) is 5.41 Å². The molecule has 1 aliphatic rings. The molecule has 1 saturated heterocycles. The van der Waals surface area contributed by atoms with Gasteiger partial charge in [-0.3, -0.25) is 0 Å². The summed E-state index contributed by atoms with van der Waals surface area (Å²) in [5, 5.41) is 15.1. The molecule has 152 valence electrons. The van der Waals surface area contributed by atoms with E-state index in [0.29, 0.717) is 11.8 Å². The Morgan fingerprint density at radius 3 is 2.50 bits per heavy atom. The van der Waals surface area contributed by atoms with Gasteiger partial charge in [-0.05, 0) is 26.8 Å². The first-order valence-electron chi connectivity index (χ1n) is 9.88. The van der Waals surface area contributed by atoms with E-state index in [2.05, 4.69) is 45.7 Å². The van der Waals surface area contributed by atoms with Crippen LogP contribution in [0.3, 0.4) is 0 Å². The summed E-state index contributed by atoms with van der Waals surface area (Å²) in [6.45, 7) is 17.6. The van der Waals surface area contributed by atoms with Crippen molar-refractivity contribution in [2.45, 2.75) is 40.7 Å². The summed E-state index contributed by atoms with van der Waals surface area (Å²) in [7, 11) is 0. The third kappa shape index (κ3) is 5.12. The number of anilines is 2. The molecule has 0 unspecified atom stereocenters. The summed E-state index contributed by atoms with van der Waals surface area (Å²) in [5.74, 6) is 0.561. The largest absolute Gasteiger partial charge is 0.382 e. The molecule has 3 rings (SSSR count). The topological polar surface area (TPSA) is 81.3 Å². The zero-order valence-electron chi connectivity index (χ0n) is 17.6. The van der Waals surface area contributed by atoms with E-state index in [-0.39, 0.29) is 6.04 Å². The molecule has 2 aromatic rings. The van der Waals surface area contributed by atoms with Gasteiger partial charge >= 0.3 is 6.01 Å². The molecule has 1 aliphatic heterocycles. The van der Waals surface area contributed by atoms with Crippen LogP contribution in [-0.2, 0) is 0 Å². The molecule has 1 aromatic heterocycles. The molecule has 2 N–H and O–H groups in total. The van der Waals surface area contributed by atoms with Crippen LogP contribution in [-0.4, -0.2) is 53.5 Å². The van der Waals surface area contributed by atoms with Crippen molar-refractivity contribution in [2.75, 3.05) is 36.4 Å². The number of benzene rings is 1. The van der Waals surface area contributed by atoms with Crippen LogP contribution in [0.2, 0.25) is 0 Å². The van der Waals surface area contributed by atoms with Gasteiger partial charge in [0.15, 0.2) is 0 Å². The SMILES string of the molecule is C=C(C)N1CCN(c2nc(-c3ccc(C=N)c(NC(C)C)c3)no2)CC1.CC. The average molecular weight is 385 g/mol. The third-order valence-corrected chi connectivity index (χ3v) is 4.42. The zero-order chi connectivity index (χ0) is 20.7. The van der Waals surface area contributed by atoms with Crippen molar-refractivity contribution >= 4 is 17.9 Å². The highest BCUT2D eigenvalue weighted by Crippen LogP contribution is 2.26. The van der Waals surface area contributed by atoms with Crippen molar-refractivity contribution in [3.8, 4) is 11.4 Å². The van der Waals surface area contributed by atoms with Gasteiger partial charge < -0.3 is 25.0 Å². The first kappa shape index (κ1) is 21.5. The highest BCUT2D eigenvalue weighted by Gasteiger charge is 2.21. The second kappa shape index (κ2) is 9.92. The lowest BCUT2D eigenvalue weighted by molar-refractivity contribution is 0.307. The van der Waals surface area contributed by atoms with E-state index in [9.17, 15) is 0 Å². The first-order valence-corrected chi connectivity index (χ1v) is 9.88. The Labute approximate surface area is 167 Å². The molecule has 0 bridgehead atoms. The van der Waals surface area contributed by atoms with E-state index < -0.39 is 0 Å². The number of rotatable bonds is 6. The van der Waals surface area contributed by atoms with Gasteiger partial charge in [0.05, 0.1) is 0 Å². The van der Waals surface area contributed by atoms with Crippen LogP contribution in [0.5, 0.6) is 0 Å². The fourth-order valence-corrected chi connectivity index (χ4v) is 3.00. The molecule has 0 saturated carbocycles. The van der Waals surface area contributed by atoms with Gasteiger partial charge in [-0.25, -0.2) is 0 Å². The van der Waals surface area contributed by atoms with E-state index in [0.717, 1.165) is 48.7 Å². The summed E-state index contributed by atoms with van der Waals surface area (Å²) in [6, 6.07) is 6.60. The molecule has 0 atom stereocenters. The van der Waals surface area contributed by atoms with E-state index >= 15 is 0 Å². The minimum Gasteiger partial charge on any atom is -0.382 e. The molecule has 0 radical (unpaired) electrons. The summed E-state index contributed by atoms with van der Waals surface area (Å²) >= 11 is 0. The first-order chi connectivity index (χ1) is 13.5. The molecule has 2 heterocycles. The summed E-state index contributed by atoms with van der Waals surface area (Å²) in [5.41, 5.74) is 3.69. The van der Waals surface area contributed by atoms with Gasteiger partial charge in [0.1, 0.15) is 0 Å². The number of hydrogen-bond donors (Lipinski definition) is 2. The smallest absolute Gasteiger partial charge is 0.324 e. The van der Waals surface area contributed by atoms with Gasteiger partial charge in [-0.1, -0.05) is 37.7 Å². The second-order valence-electron chi connectivity index (χ2n) is 6.86. The number of aromatic nitrogens is 2. The average Bonchev–Trinajstić information content (AvgIpc) is 3.19. The summed E-state index contributed by atoms with van der Waals surface area (Å²) in [6.07, 6.45) is 1.34. The molecule has 0 spiro atoms. The highest BCUT2D eigenvalue weighted by molar-refractivity contribution is 5.87. The number of nitrogens with one attached hydrogen (secondary N) is 2. The van der Waals surface area contributed by atoms with E-state index in [4.69, 9.17) is 9.93 Å². The number of allylic oxidation sites excluding steroid dienone is 1. The van der Waals surface area contributed by atoms with Crippen molar-refractivity contribution in [3.05, 3.63) is 36.0 Å². The lowest BCUT2D eigenvalue weighted by Crippen LogP contribution is -2.45. The predicted molar refractivity (Wildman–Crippen MR) is 116 cm³/mol. The van der Waals surface area contributed by atoms with Crippen LogP contribution >= 0.6 is 0 Å². The van der Waals surface area contributed by atoms with Crippen LogP contribution in [0.4, 0.5) is 11.7 Å². The normalized spacial score (nSPS) is 13.8. The molecular weight excluding hydrogens is 352 g/mol. The van der Waals surface area contributed by atoms with E-state index in [1.165, 1.54) is 6.21 Å². The number of nitrogens with zero attached hydrogens (tertiary/aromatic N) is 4. The summed E-state index contributed by atoms with van der Waals surface area (Å²) < 4.78 is 5.49. The van der Waals surface area contributed by atoms with Gasteiger partial charge in [0.2, 0.25) is 5.82 Å². The number of piperazine rings is 1. The Morgan fingerprint density at radius 2 is 1.93 bits per heavy atom. The molecule has 1 fully saturated rings. The van der Waals surface area contributed by atoms with E-state index in [1.807, 2.05) is 39.0 Å². The molecule has 0 amide bonds. The molecule has 1 aromatic carbocycles. The van der Waals surface area contributed by atoms with Gasteiger partial charge in [-0.2, -0.15) is 4.98 Å². The van der Waals surface area contributed by atoms with Crippen LogP contribution in [0.25, 0.3) is 11.4 Å². The van der Waals surface area contributed by atoms with Gasteiger partial charge in [0, 0.05) is 60.9 Å². The lowest BCUT2D eigenvalue weighted by atomic mass is 10.1.